The topological polar surface area (TPSA) is 96.5 Å². The van der Waals surface area contributed by atoms with Gasteiger partial charge in [-0.3, -0.25) is 9.78 Å². The maximum atomic E-state index is 12.0. The summed E-state index contributed by atoms with van der Waals surface area (Å²) in [5.74, 6) is 0.135. The normalized spacial score (nSPS) is 10.7. The molecule has 1 amide bonds. The van der Waals surface area contributed by atoms with Gasteiger partial charge in [0.25, 0.3) is 5.91 Å². The van der Waals surface area contributed by atoms with Gasteiger partial charge >= 0.3 is 0 Å². The van der Waals surface area contributed by atoms with Gasteiger partial charge in [-0.15, -0.1) is 0 Å². The maximum absolute atomic E-state index is 12.0. The van der Waals surface area contributed by atoms with Crippen molar-refractivity contribution in [3.05, 3.63) is 78.3 Å². The van der Waals surface area contributed by atoms with Gasteiger partial charge in [0.15, 0.2) is 0 Å². The monoisotopic (exact) mass is 330 g/mol. The summed E-state index contributed by atoms with van der Waals surface area (Å²) in [5.41, 5.74) is 3.32. The first-order chi connectivity index (χ1) is 12.3. The van der Waals surface area contributed by atoms with Crippen LogP contribution in [-0.2, 0) is 6.42 Å². The number of rotatable bonds is 4. The van der Waals surface area contributed by atoms with Crippen LogP contribution in [0.4, 0.5) is 5.82 Å². The fourth-order valence-electron chi connectivity index (χ4n) is 2.58. The second-order valence-electron chi connectivity index (χ2n) is 5.49. The quantitative estimate of drug-likeness (QED) is 0.599. The molecule has 0 aliphatic heterocycles. The Morgan fingerprint density at radius 3 is 2.80 bits per heavy atom. The number of H-pyrrole nitrogens is 1. The molecule has 0 fully saturated rings. The number of aromatic nitrogens is 5. The first-order valence-corrected chi connectivity index (χ1v) is 7.73. The summed E-state index contributed by atoms with van der Waals surface area (Å²) in [7, 11) is 0. The van der Waals surface area contributed by atoms with Gasteiger partial charge in [0.2, 0.25) is 0 Å². The molecule has 0 aromatic carbocycles. The molecule has 2 N–H and O–H groups in total. The Kier molecular flexibility index (Phi) is 3.88. The molecule has 0 bridgehead atoms. The smallest absolute Gasteiger partial charge is 0.277 e. The summed E-state index contributed by atoms with van der Waals surface area (Å²) in [5, 5.41) is 3.80. The average Bonchev–Trinajstić information content (AvgIpc) is 3.07. The van der Waals surface area contributed by atoms with E-state index in [1.807, 2.05) is 24.4 Å². The van der Waals surface area contributed by atoms with Crippen molar-refractivity contribution in [3.63, 3.8) is 0 Å². The minimum atomic E-state index is -0.337. The summed E-state index contributed by atoms with van der Waals surface area (Å²) < 4.78 is 0. The highest BCUT2D eigenvalue weighted by molar-refractivity contribution is 6.02. The average molecular weight is 330 g/mol. The van der Waals surface area contributed by atoms with Crippen molar-refractivity contribution in [3.8, 4) is 0 Å². The fourth-order valence-corrected chi connectivity index (χ4v) is 2.58. The predicted molar refractivity (Wildman–Crippen MR) is 93.1 cm³/mol. The molecular weight excluding hydrogens is 316 g/mol. The van der Waals surface area contributed by atoms with Crippen LogP contribution < -0.4 is 5.32 Å². The maximum Gasteiger partial charge on any atom is 0.277 e. The van der Waals surface area contributed by atoms with E-state index in [2.05, 4.69) is 30.2 Å². The summed E-state index contributed by atoms with van der Waals surface area (Å²) in [6.07, 6.45) is 10.6. The van der Waals surface area contributed by atoms with Gasteiger partial charge in [0.05, 0.1) is 6.20 Å². The van der Waals surface area contributed by atoms with Gasteiger partial charge < -0.3 is 10.3 Å². The summed E-state index contributed by atoms with van der Waals surface area (Å²) in [4.78, 5) is 31.6. The molecule has 25 heavy (non-hydrogen) atoms. The number of pyridine rings is 2. The lowest BCUT2D eigenvalue weighted by Gasteiger charge is -2.05. The van der Waals surface area contributed by atoms with Crippen LogP contribution in [0, 0.1) is 0 Å². The highest BCUT2D eigenvalue weighted by Gasteiger charge is 2.09. The molecule has 0 radical (unpaired) electrons. The molecule has 4 aromatic heterocycles. The van der Waals surface area contributed by atoms with E-state index >= 15 is 0 Å². The van der Waals surface area contributed by atoms with Crippen LogP contribution in [-0.4, -0.2) is 30.8 Å². The second-order valence-corrected chi connectivity index (χ2v) is 5.49. The van der Waals surface area contributed by atoms with Crippen LogP contribution >= 0.6 is 0 Å². The van der Waals surface area contributed by atoms with E-state index in [9.17, 15) is 4.79 Å². The molecular formula is C18H14N6O. The largest absolute Gasteiger partial charge is 0.346 e. The zero-order valence-corrected chi connectivity index (χ0v) is 13.2. The van der Waals surface area contributed by atoms with Gasteiger partial charge in [-0.25, -0.2) is 15.0 Å². The Labute approximate surface area is 143 Å². The van der Waals surface area contributed by atoms with Gasteiger partial charge in [0, 0.05) is 42.8 Å². The third-order valence-electron chi connectivity index (χ3n) is 3.79. The van der Waals surface area contributed by atoms with Crippen LogP contribution in [0.2, 0.25) is 0 Å². The third-order valence-corrected chi connectivity index (χ3v) is 3.79. The minimum Gasteiger partial charge on any atom is -0.346 e. The van der Waals surface area contributed by atoms with Crippen LogP contribution in [0.5, 0.6) is 0 Å². The highest BCUT2D eigenvalue weighted by atomic mass is 16.1. The minimum absolute atomic E-state index is 0.250. The number of amides is 1. The zero-order chi connectivity index (χ0) is 17.1. The molecule has 122 valence electrons. The Morgan fingerprint density at radius 2 is 2.00 bits per heavy atom. The lowest BCUT2D eigenvalue weighted by molar-refractivity contribution is 0.102. The van der Waals surface area contributed by atoms with Crippen molar-refractivity contribution in [2.75, 3.05) is 5.32 Å². The highest BCUT2D eigenvalue weighted by Crippen LogP contribution is 2.19. The van der Waals surface area contributed by atoms with Crippen molar-refractivity contribution >= 4 is 22.8 Å². The second kappa shape index (κ2) is 6.48. The lowest BCUT2D eigenvalue weighted by atomic mass is 10.1. The van der Waals surface area contributed by atoms with Crippen molar-refractivity contribution in [2.45, 2.75) is 6.42 Å². The number of carbonyl (C=O) groups is 1. The predicted octanol–water partition coefficient (Wildman–Crippen LogP) is 2.59. The Morgan fingerprint density at radius 1 is 1.04 bits per heavy atom. The number of nitrogens with one attached hydrogen (secondary N) is 2. The van der Waals surface area contributed by atoms with Crippen LogP contribution in [0.15, 0.2) is 61.4 Å². The number of hydrogen-bond donors (Lipinski definition) is 2. The molecule has 0 saturated carbocycles. The Bertz CT molecular complexity index is 1010. The summed E-state index contributed by atoms with van der Waals surface area (Å²) >= 11 is 0. The van der Waals surface area contributed by atoms with Gasteiger partial charge in [-0.1, -0.05) is 6.07 Å². The van der Waals surface area contributed by atoms with Crippen molar-refractivity contribution in [2.24, 2.45) is 0 Å². The molecule has 0 spiro atoms. The SMILES string of the molecule is O=C(Nc1ccc(Cc2c[nH]c3ncccc23)cn1)c1cnccn1. The molecule has 4 heterocycles. The van der Waals surface area contributed by atoms with Crippen LogP contribution in [0.25, 0.3) is 11.0 Å². The van der Waals surface area contributed by atoms with Crippen LogP contribution in [0.1, 0.15) is 21.6 Å². The third kappa shape index (κ3) is 3.20. The summed E-state index contributed by atoms with van der Waals surface area (Å²) in [6, 6.07) is 7.67. The van der Waals surface area contributed by atoms with E-state index in [1.165, 1.54) is 18.6 Å². The Hall–Kier alpha value is -3.61. The first-order valence-electron chi connectivity index (χ1n) is 7.73. The van der Waals surface area contributed by atoms with E-state index < -0.39 is 0 Å². The van der Waals surface area contributed by atoms with Crippen molar-refractivity contribution in [1.29, 1.82) is 0 Å². The lowest BCUT2D eigenvalue weighted by Crippen LogP contribution is -2.14. The fraction of sp³-hybridized carbons (Fsp3) is 0.0556. The molecule has 7 nitrogen and oxygen atoms in total. The molecule has 7 heteroatoms. The molecule has 0 saturated heterocycles. The number of carbonyl (C=O) groups excluding carboxylic acids is 1. The van der Waals surface area contributed by atoms with E-state index in [4.69, 9.17) is 0 Å². The van der Waals surface area contributed by atoms with E-state index in [0.717, 1.165) is 28.6 Å². The molecule has 0 atom stereocenters. The van der Waals surface area contributed by atoms with Crippen molar-refractivity contribution < 1.29 is 4.79 Å². The van der Waals surface area contributed by atoms with Crippen molar-refractivity contribution in [1.82, 2.24) is 24.9 Å². The van der Waals surface area contributed by atoms with Gasteiger partial charge in [0.1, 0.15) is 17.2 Å². The van der Waals surface area contributed by atoms with Gasteiger partial charge in [-0.05, 0) is 29.3 Å². The van der Waals surface area contributed by atoms with Crippen LogP contribution in [0.3, 0.4) is 0 Å². The zero-order valence-electron chi connectivity index (χ0n) is 13.2. The number of hydrogen-bond acceptors (Lipinski definition) is 5. The molecule has 4 rings (SSSR count). The van der Waals surface area contributed by atoms with E-state index in [1.54, 1.807) is 18.5 Å². The molecule has 0 aliphatic carbocycles. The van der Waals surface area contributed by atoms with E-state index in [-0.39, 0.29) is 11.6 Å². The first kappa shape index (κ1) is 14.9. The summed E-state index contributed by atoms with van der Waals surface area (Å²) in [6.45, 7) is 0. The number of anilines is 1. The Balaban J connectivity index is 1.48. The number of nitrogens with zero attached hydrogens (tertiary/aromatic N) is 4. The number of aromatic amines is 1. The molecule has 0 unspecified atom stereocenters. The van der Waals surface area contributed by atoms with E-state index in [0.29, 0.717) is 5.82 Å². The molecule has 0 aliphatic rings. The molecule has 4 aromatic rings. The number of fused-ring (bicyclic) bond motifs is 1. The standard InChI is InChI=1S/C18H14N6O/c25-18(15-11-19-6-7-20-15)24-16-4-3-12(9-22-16)8-13-10-23-17-14(13)2-1-5-21-17/h1-7,9-11H,8H2,(H,21,23)(H,22,24,25). The van der Waals surface area contributed by atoms with Gasteiger partial charge in [-0.2, -0.15) is 0 Å².